The van der Waals surface area contributed by atoms with E-state index in [1.807, 2.05) is 0 Å². The first-order valence-corrected chi connectivity index (χ1v) is 5.28. The lowest BCUT2D eigenvalue weighted by Crippen LogP contribution is -2.44. The Kier molecular flexibility index (Phi) is 2.54. The summed E-state index contributed by atoms with van der Waals surface area (Å²) in [5.74, 6) is 0.975. The van der Waals surface area contributed by atoms with Crippen LogP contribution in [0.25, 0.3) is 0 Å². The quantitative estimate of drug-likeness (QED) is 0.653. The summed E-state index contributed by atoms with van der Waals surface area (Å²) < 4.78 is 0. The molecule has 1 amide bonds. The van der Waals surface area contributed by atoms with E-state index in [2.05, 4.69) is 17.6 Å². The minimum absolute atomic E-state index is 0.209. The number of carbonyl (C=O) groups excluding carboxylic acids is 1. The topological polar surface area (TPSA) is 41.1 Å². The summed E-state index contributed by atoms with van der Waals surface area (Å²) in [6.45, 7) is 3.99. The summed E-state index contributed by atoms with van der Waals surface area (Å²) in [5, 5.41) is 6.36. The number of hydrogen-bond donors (Lipinski definition) is 2. The van der Waals surface area contributed by atoms with Gasteiger partial charge in [0.15, 0.2) is 0 Å². The smallest absolute Gasteiger partial charge is 0.224 e. The molecular formula is C10H18N2O. The van der Waals surface area contributed by atoms with E-state index < -0.39 is 0 Å². The monoisotopic (exact) mass is 182 g/mol. The Balaban J connectivity index is 1.81. The van der Waals surface area contributed by atoms with Gasteiger partial charge in [-0.05, 0) is 31.7 Å². The molecule has 1 aliphatic heterocycles. The Morgan fingerprint density at radius 3 is 2.62 bits per heavy atom. The van der Waals surface area contributed by atoms with Crippen LogP contribution in [0.15, 0.2) is 0 Å². The van der Waals surface area contributed by atoms with E-state index in [0.29, 0.717) is 12.0 Å². The van der Waals surface area contributed by atoms with Crippen molar-refractivity contribution in [3.8, 4) is 0 Å². The van der Waals surface area contributed by atoms with Crippen LogP contribution in [0.1, 0.15) is 26.2 Å². The van der Waals surface area contributed by atoms with Gasteiger partial charge in [0, 0.05) is 12.6 Å². The van der Waals surface area contributed by atoms with Gasteiger partial charge in [-0.2, -0.15) is 0 Å². The van der Waals surface area contributed by atoms with Crippen molar-refractivity contribution < 1.29 is 4.79 Å². The van der Waals surface area contributed by atoms with E-state index in [9.17, 15) is 4.79 Å². The standard InChI is InChI=1S/C10H18N2O/c1-7-5-11-6-9(7)10(13)12-8-3-2-4-8/h7-9,11H,2-6H2,1H3,(H,12,13)/t7-,9-/m1/s1. The Morgan fingerprint density at radius 2 is 2.15 bits per heavy atom. The van der Waals surface area contributed by atoms with E-state index in [4.69, 9.17) is 0 Å². The third-order valence-corrected chi connectivity index (χ3v) is 3.31. The number of carbonyl (C=O) groups is 1. The van der Waals surface area contributed by atoms with Gasteiger partial charge in [0.25, 0.3) is 0 Å². The zero-order valence-corrected chi connectivity index (χ0v) is 8.18. The predicted octanol–water partition coefficient (Wildman–Crippen LogP) is 0.511. The van der Waals surface area contributed by atoms with Crippen molar-refractivity contribution in [1.29, 1.82) is 0 Å². The van der Waals surface area contributed by atoms with Crippen molar-refractivity contribution >= 4 is 5.91 Å². The van der Waals surface area contributed by atoms with Crippen molar-refractivity contribution in [2.45, 2.75) is 32.2 Å². The average Bonchev–Trinajstić information content (AvgIpc) is 2.43. The second kappa shape index (κ2) is 3.66. The van der Waals surface area contributed by atoms with Gasteiger partial charge < -0.3 is 10.6 Å². The number of amides is 1. The molecule has 3 nitrogen and oxygen atoms in total. The van der Waals surface area contributed by atoms with Crippen LogP contribution in [0.3, 0.4) is 0 Å². The minimum Gasteiger partial charge on any atom is -0.353 e. The van der Waals surface area contributed by atoms with E-state index in [1.165, 1.54) is 19.3 Å². The molecule has 2 atom stereocenters. The highest BCUT2D eigenvalue weighted by atomic mass is 16.2. The first-order valence-electron chi connectivity index (χ1n) is 5.28. The Labute approximate surface area is 79.3 Å². The summed E-state index contributed by atoms with van der Waals surface area (Å²) in [6.07, 6.45) is 3.64. The van der Waals surface area contributed by atoms with Gasteiger partial charge >= 0.3 is 0 Å². The Morgan fingerprint density at radius 1 is 1.38 bits per heavy atom. The maximum absolute atomic E-state index is 11.7. The van der Waals surface area contributed by atoms with Crippen molar-refractivity contribution in [3.63, 3.8) is 0 Å². The van der Waals surface area contributed by atoms with Crippen molar-refractivity contribution in [2.24, 2.45) is 11.8 Å². The molecule has 74 valence electrons. The van der Waals surface area contributed by atoms with Gasteiger partial charge in [-0.1, -0.05) is 6.92 Å². The maximum atomic E-state index is 11.7. The molecule has 2 rings (SSSR count). The van der Waals surface area contributed by atoms with Crippen LogP contribution in [0.5, 0.6) is 0 Å². The zero-order valence-electron chi connectivity index (χ0n) is 8.18. The molecule has 0 unspecified atom stereocenters. The predicted molar refractivity (Wildman–Crippen MR) is 51.3 cm³/mol. The molecule has 1 saturated heterocycles. The highest BCUT2D eigenvalue weighted by Crippen LogP contribution is 2.21. The molecule has 3 heteroatoms. The molecule has 0 aromatic heterocycles. The van der Waals surface area contributed by atoms with Gasteiger partial charge in [0.05, 0.1) is 5.92 Å². The highest BCUT2D eigenvalue weighted by Gasteiger charge is 2.31. The highest BCUT2D eigenvalue weighted by molar-refractivity contribution is 5.79. The summed E-state index contributed by atoms with van der Waals surface area (Å²) in [6, 6.07) is 0.486. The van der Waals surface area contributed by atoms with Crippen LogP contribution in [-0.2, 0) is 4.79 Å². The number of rotatable bonds is 2. The first kappa shape index (κ1) is 9.00. The van der Waals surface area contributed by atoms with Crippen LogP contribution in [0.4, 0.5) is 0 Å². The second-order valence-electron chi connectivity index (χ2n) is 4.38. The molecule has 0 radical (unpaired) electrons. The van der Waals surface area contributed by atoms with Crippen LogP contribution < -0.4 is 10.6 Å². The minimum atomic E-state index is 0.209. The molecule has 1 saturated carbocycles. The van der Waals surface area contributed by atoms with Crippen LogP contribution >= 0.6 is 0 Å². The molecule has 0 aromatic rings. The van der Waals surface area contributed by atoms with Gasteiger partial charge in [0.1, 0.15) is 0 Å². The molecule has 1 heterocycles. The van der Waals surface area contributed by atoms with E-state index in [0.717, 1.165) is 13.1 Å². The van der Waals surface area contributed by atoms with Crippen LogP contribution in [0.2, 0.25) is 0 Å². The fourth-order valence-corrected chi connectivity index (χ4v) is 2.02. The van der Waals surface area contributed by atoms with Crippen LogP contribution in [0, 0.1) is 11.8 Å². The van der Waals surface area contributed by atoms with Gasteiger partial charge in [-0.25, -0.2) is 0 Å². The fraction of sp³-hybridized carbons (Fsp3) is 0.900. The fourth-order valence-electron chi connectivity index (χ4n) is 2.02. The Hall–Kier alpha value is -0.570. The van der Waals surface area contributed by atoms with Crippen molar-refractivity contribution in [1.82, 2.24) is 10.6 Å². The van der Waals surface area contributed by atoms with Gasteiger partial charge in [-0.3, -0.25) is 4.79 Å². The summed E-state index contributed by atoms with van der Waals surface area (Å²) in [4.78, 5) is 11.7. The molecule has 2 fully saturated rings. The summed E-state index contributed by atoms with van der Waals surface area (Å²) in [5.41, 5.74) is 0. The first-order chi connectivity index (χ1) is 6.27. The molecule has 0 aromatic carbocycles. The molecular weight excluding hydrogens is 164 g/mol. The van der Waals surface area contributed by atoms with E-state index in [-0.39, 0.29) is 11.8 Å². The van der Waals surface area contributed by atoms with Crippen molar-refractivity contribution in [3.05, 3.63) is 0 Å². The molecule has 1 aliphatic carbocycles. The van der Waals surface area contributed by atoms with E-state index in [1.54, 1.807) is 0 Å². The van der Waals surface area contributed by atoms with Crippen molar-refractivity contribution in [2.75, 3.05) is 13.1 Å². The molecule has 13 heavy (non-hydrogen) atoms. The molecule has 2 N–H and O–H groups in total. The largest absolute Gasteiger partial charge is 0.353 e. The number of hydrogen-bond acceptors (Lipinski definition) is 2. The maximum Gasteiger partial charge on any atom is 0.224 e. The summed E-state index contributed by atoms with van der Waals surface area (Å²) in [7, 11) is 0. The average molecular weight is 182 g/mol. The van der Waals surface area contributed by atoms with E-state index >= 15 is 0 Å². The third kappa shape index (κ3) is 1.85. The molecule has 2 aliphatic rings. The normalized spacial score (nSPS) is 34.2. The Bertz CT molecular complexity index is 201. The van der Waals surface area contributed by atoms with Crippen LogP contribution in [-0.4, -0.2) is 25.0 Å². The van der Waals surface area contributed by atoms with Gasteiger partial charge in [0.2, 0.25) is 5.91 Å². The lowest BCUT2D eigenvalue weighted by atomic mass is 9.91. The number of nitrogens with one attached hydrogen (secondary N) is 2. The second-order valence-corrected chi connectivity index (χ2v) is 4.38. The molecule has 0 spiro atoms. The lowest BCUT2D eigenvalue weighted by Gasteiger charge is -2.28. The van der Waals surface area contributed by atoms with Gasteiger partial charge in [-0.15, -0.1) is 0 Å². The zero-order chi connectivity index (χ0) is 9.26. The molecule has 0 bridgehead atoms. The summed E-state index contributed by atoms with van der Waals surface area (Å²) >= 11 is 0. The third-order valence-electron chi connectivity index (χ3n) is 3.31. The lowest BCUT2D eigenvalue weighted by molar-refractivity contribution is -0.126. The SMILES string of the molecule is C[C@@H]1CNC[C@H]1C(=O)NC1CCC1.